The van der Waals surface area contributed by atoms with Crippen LogP contribution in [-0.4, -0.2) is 18.7 Å². The van der Waals surface area contributed by atoms with E-state index in [9.17, 15) is 0 Å². The third-order valence-electron chi connectivity index (χ3n) is 2.28. The summed E-state index contributed by atoms with van der Waals surface area (Å²) in [4.78, 5) is 1.97. The summed E-state index contributed by atoms with van der Waals surface area (Å²) in [6, 6.07) is 7.53. The minimum Gasteiger partial charge on any atom is -0.392 e. The van der Waals surface area contributed by atoms with Crippen molar-refractivity contribution >= 4 is 5.69 Å². The highest BCUT2D eigenvalue weighted by Crippen LogP contribution is 2.21. The van der Waals surface area contributed by atoms with E-state index in [1.54, 1.807) is 6.07 Å². The Kier molecular flexibility index (Phi) is 4.10. The topological polar surface area (TPSA) is 47.3 Å². The zero-order valence-electron chi connectivity index (χ0n) is 9.70. The van der Waals surface area contributed by atoms with Crippen LogP contribution in [0.4, 0.5) is 5.69 Å². The lowest BCUT2D eigenvalue weighted by atomic mass is 10.1. The molecule has 84 valence electrons. The van der Waals surface area contributed by atoms with Gasteiger partial charge in [0.05, 0.1) is 17.9 Å². The lowest BCUT2D eigenvalue weighted by Gasteiger charge is -2.20. The molecule has 0 amide bonds. The Morgan fingerprint density at radius 3 is 2.75 bits per heavy atom. The van der Waals surface area contributed by atoms with Crippen LogP contribution in [0.3, 0.4) is 0 Å². The molecule has 1 aromatic carbocycles. The van der Waals surface area contributed by atoms with E-state index in [0.717, 1.165) is 16.8 Å². The quantitative estimate of drug-likeness (QED) is 0.784. The van der Waals surface area contributed by atoms with E-state index in [2.05, 4.69) is 12.6 Å². The van der Waals surface area contributed by atoms with Gasteiger partial charge in [-0.05, 0) is 24.6 Å². The lowest BCUT2D eigenvalue weighted by Crippen LogP contribution is -2.20. The van der Waals surface area contributed by atoms with E-state index >= 15 is 0 Å². The van der Waals surface area contributed by atoms with Crippen molar-refractivity contribution in [2.45, 2.75) is 13.5 Å². The Morgan fingerprint density at radius 2 is 2.25 bits per heavy atom. The minimum atomic E-state index is -0.0425. The SMILES string of the molecule is C=C(C)CN(C)c1ccc(CO)cc1C#N. The van der Waals surface area contributed by atoms with Gasteiger partial charge in [0.15, 0.2) is 0 Å². The van der Waals surface area contributed by atoms with Crippen LogP contribution in [-0.2, 0) is 6.61 Å². The highest BCUT2D eigenvalue weighted by molar-refractivity contribution is 5.60. The summed E-state index contributed by atoms with van der Waals surface area (Å²) in [5.74, 6) is 0. The molecule has 0 aliphatic heterocycles. The van der Waals surface area contributed by atoms with E-state index < -0.39 is 0 Å². The maximum absolute atomic E-state index is 9.04. The fraction of sp³-hybridized carbons (Fsp3) is 0.308. The van der Waals surface area contributed by atoms with Crippen LogP contribution in [0, 0.1) is 11.3 Å². The van der Waals surface area contributed by atoms with Gasteiger partial charge in [-0.1, -0.05) is 18.2 Å². The molecular weight excluding hydrogens is 200 g/mol. The van der Waals surface area contributed by atoms with Crippen molar-refractivity contribution in [3.05, 3.63) is 41.5 Å². The summed E-state index contributed by atoms with van der Waals surface area (Å²) in [6.07, 6.45) is 0. The Bertz CT molecular complexity index is 432. The van der Waals surface area contributed by atoms with Gasteiger partial charge in [-0.15, -0.1) is 0 Å². The first-order chi connectivity index (χ1) is 7.58. The van der Waals surface area contributed by atoms with Gasteiger partial charge in [0.2, 0.25) is 0 Å². The van der Waals surface area contributed by atoms with Crippen molar-refractivity contribution in [3.63, 3.8) is 0 Å². The molecule has 0 aliphatic rings. The average molecular weight is 216 g/mol. The molecule has 1 rings (SSSR count). The first-order valence-corrected chi connectivity index (χ1v) is 5.08. The number of aliphatic hydroxyl groups excluding tert-OH is 1. The maximum atomic E-state index is 9.04. The van der Waals surface area contributed by atoms with E-state index in [1.807, 2.05) is 31.0 Å². The van der Waals surface area contributed by atoms with Crippen molar-refractivity contribution in [2.24, 2.45) is 0 Å². The number of rotatable bonds is 4. The van der Waals surface area contributed by atoms with Crippen LogP contribution < -0.4 is 4.90 Å². The van der Waals surface area contributed by atoms with Gasteiger partial charge in [-0.3, -0.25) is 0 Å². The second kappa shape index (κ2) is 5.34. The standard InChI is InChI=1S/C13H16N2O/c1-10(2)8-15(3)13-5-4-11(9-16)6-12(13)7-14/h4-6,16H,1,8-9H2,2-3H3. The molecular formula is C13H16N2O. The molecule has 3 nitrogen and oxygen atoms in total. The second-order valence-corrected chi connectivity index (χ2v) is 3.93. The molecule has 0 atom stereocenters. The molecule has 0 saturated heterocycles. The Balaban J connectivity index is 3.04. The molecule has 3 heteroatoms. The zero-order chi connectivity index (χ0) is 12.1. The number of aliphatic hydroxyl groups is 1. The third-order valence-corrected chi connectivity index (χ3v) is 2.28. The lowest BCUT2D eigenvalue weighted by molar-refractivity contribution is 0.282. The molecule has 1 N–H and O–H groups in total. The molecule has 1 aromatic rings. The molecule has 0 unspecified atom stereocenters. The highest BCUT2D eigenvalue weighted by atomic mass is 16.3. The highest BCUT2D eigenvalue weighted by Gasteiger charge is 2.07. The number of hydrogen-bond acceptors (Lipinski definition) is 3. The first-order valence-electron chi connectivity index (χ1n) is 5.08. The van der Waals surface area contributed by atoms with Crippen LogP contribution in [0.2, 0.25) is 0 Å². The van der Waals surface area contributed by atoms with Crippen molar-refractivity contribution in [3.8, 4) is 6.07 Å². The number of anilines is 1. The van der Waals surface area contributed by atoms with E-state index in [4.69, 9.17) is 10.4 Å². The number of nitriles is 1. The maximum Gasteiger partial charge on any atom is 0.101 e. The average Bonchev–Trinajstić information content (AvgIpc) is 2.27. The molecule has 0 radical (unpaired) electrons. The van der Waals surface area contributed by atoms with Crippen LogP contribution in [0.1, 0.15) is 18.1 Å². The van der Waals surface area contributed by atoms with E-state index in [-0.39, 0.29) is 6.61 Å². The summed E-state index contributed by atoms with van der Waals surface area (Å²) >= 11 is 0. The van der Waals surface area contributed by atoms with Crippen LogP contribution in [0.15, 0.2) is 30.4 Å². The fourth-order valence-electron chi connectivity index (χ4n) is 1.59. The third kappa shape index (κ3) is 2.85. The number of nitrogens with zero attached hydrogens (tertiary/aromatic N) is 2. The summed E-state index contributed by atoms with van der Waals surface area (Å²) in [6.45, 7) is 6.47. The number of likely N-dealkylation sites (N-methyl/N-ethyl adjacent to an activating group) is 1. The second-order valence-electron chi connectivity index (χ2n) is 3.93. The Labute approximate surface area is 96.2 Å². The molecule has 0 aromatic heterocycles. The van der Waals surface area contributed by atoms with Gasteiger partial charge in [-0.25, -0.2) is 0 Å². The summed E-state index contributed by atoms with van der Waals surface area (Å²) < 4.78 is 0. The number of hydrogen-bond donors (Lipinski definition) is 1. The van der Waals surface area contributed by atoms with E-state index in [0.29, 0.717) is 12.1 Å². The fourth-order valence-corrected chi connectivity index (χ4v) is 1.59. The van der Waals surface area contributed by atoms with Gasteiger partial charge >= 0.3 is 0 Å². The molecule has 0 heterocycles. The Morgan fingerprint density at radius 1 is 1.56 bits per heavy atom. The molecule has 0 aliphatic carbocycles. The van der Waals surface area contributed by atoms with Gasteiger partial charge in [0.1, 0.15) is 6.07 Å². The van der Waals surface area contributed by atoms with Gasteiger partial charge < -0.3 is 10.0 Å². The predicted molar refractivity (Wildman–Crippen MR) is 65.2 cm³/mol. The monoisotopic (exact) mass is 216 g/mol. The molecule has 16 heavy (non-hydrogen) atoms. The van der Waals surface area contributed by atoms with E-state index in [1.165, 1.54) is 0 Å². The van der Waals surface area contributed by atoms with Gasteiger partial charge in [0.25, 0.3) is 0 Å². The molecule has 0 bridgehead atoms. The Hall–Kier alpha value is -1.79. The van der Waals surface area contributed by atoms with Crippen LogP contribution in [0.5, 0.6) is 0 Å². The van der Waals surface area contributed by atoms with Crippen molar-refractivity contribution < 1.29 is 5.11 Å². The normalized spacial score (nSPS) is 9.62. The zero-order valence-corrected chi connectivity index (χ0v) is 9.70. The largest absolute Gasteiger partial charge is 0.392 e. The summed E-state index contributed by atoms with van der Waals surface area (Å²) in [5.41, 5.74) is 3.24. The molecule has 0 saturated carbocycles. The predicted octanol–water partition coefficient (Wildman–Crippen LogP) is 2.06. The molecule has 0 fully saturated rings. The number of benzene rings is 1. The van der Waals surface area contributed by atoms with Crippen molar-refractivity contribution in [1.29, 1.82) is 5.26 Å². The van der Waals surface area contributed by atoms with Gasteiger partial charge in [-0.2, -0.15) is 5.26 Å². The van der Waals surface area contributed by atoms with Crippen molar-refractivity contribution in [1.82, 2.24) is 0 Å². The summed E-state index contributed by atoms with van der Waals surface area (Å²) in [7, 11) is 1.92. The van der Waals surface area contributed by atoms with Crippen molar-refractivity contribution in [2.75, 3.05) is 18.5 Å². The molecule has 0 spiro atoms. The van der Waals surface area contributed by atoms with Crippen LogP contribution >= 0.6 is 0 Å². The minimum absolute atomic E-state index is 0.0425. The van der Waals surface area contributed by atoms with Gasteiger partial charge in [0, 0.05) is 13.6 Å². The summed E-state index contributed by atoms with van der Waals surface area (Å²) in [5, 5.41) is 18.0. The first kappa shape index (κ1) is 12.3. The smallest absolute Gasteiger partial charge is 0.101 e. The van der Waals surface area contributed by atoms with Crippen LogP contribution in [0.25, 0.3) is 0 Å².